The highest BCUT2D eigenvalue weighted by atomic mass is 35.5. The highest BCUT2D eigenvalue weighted by Gasteiger charge is 2.05. The average Bonchev–Trinajstić information content (AvgIpc) is 2.47. The third-order valence-corrected chi connectivity index (χ3v) is 2.81. The molecule has 0 unspecified atom stereocenters. The molecule has 108 valence electrons. The lowest BCUT2D eigenvalue weighted by molar-refractivity contribution is -0.385. The lowest BCUT2D eigenvalue weighted by Gasteiger charge is -2.04. The summed E-state index contributed by atoms with van der Waals surface area (Å²) in [5, 5.41) is 13.9. The molecule has 0 atom stereocenters. The van der Waals surface area contributed by atoms with E-state index < -0.39 is 4.92 Å². The Hall–Kier alpha value is -2.67. The first-order valence-corrected chi connectivity index (χ1v) is 6.34. The van der Waals surface area contributed by atoms with Crippen molar-refractivity contribution in [1.29, 1.82) is 0 Å². The van der Waals surface area contributed by atoms with E-state index in [1.54, 1.807) is 12.1 Å². The van der Waals surface area contributed by atoms with Crippen LogP contribution in [0.5, 0.6) is 0 Å². The molecule has 1 aromatic heterocycles. The number of anilines is 1. The molecule has 8 heteroatoms. The summed E-state index contributed by atoms with van der Waals surface area (Å²) in [5.74, 6) is 0.559. The van der Waals surface area contributed by atoms with Crippen LogP contribution in [0.25, 0.3) is 0 Å². The van der Waals surface area contributed by atoms with E-state index in [9.17, 15) is 10.1 Å². The van der Waals surface area contributed by atoms with Gasteiger partial charge in [0.2, 0.25) is 0 Å². The maximum atomic E-state index is 10.5. The highest BCUT2D eigenvalue weighted by Crippen LogP contribution is 2.12. The van der Waals surface area contributed by atoms with Crippen LogP contribution in [0.2, 0.25) is 5.02 Å². The number of aromatic nitrogens is 1. The molecule has 1 heterocycles. The Morgan fingerprint density at radius 3 is 2.62 bits per heavy atom. The van der Waals surface area contributed by atoms with Gasteiger partial charge in [0.25, 0.3) is 5.69 Å². The zero-order valence-electron chi connectivity index (χ0n) is 10.9. The molecule has 3 N–H and O–H groups in total. The molecule has 0 saturated heterocycles. The van der Waals surface area contributed by atoms with Gasteiger partial charge in [-0.2, -0.15) is 0 Å². The second-order valence-corrected chi connectivity index (χ2v) is 4.55. The number of benzene rings is 1. The van der Waals surface area contributed by atoms with Crippen LogP contribution in [0.1, 0.15) is 5.56 Å². The number of hydrogen-bond donors (Lipinski definition) is 2. The Bertz CT molecular complexity index is 655. The molecular weight excluding hydrogens is 294 g/mol. The first kappa shape index (κ1) is 14.7. The molecule has 21 heavy (non-hydrogen) atoms. The molecule has 0 amide bonds. The standard InChI is InChI=1S/C13H12ClN5O2/c14-10-3-1-9(2-4-10)7-17-13(15)18-12-6-5-11(8-16-12)19(20)21/h1-6,8H,7H2,(H3,15,16,17,18). The van der Waals surface area contributed by atoms with Crippen molar-refractivity contribution in [2.45, 2.75) is 6.54 Å². The van der Waals surface area contributed by atoms with Crippen molar-refractivity contribution in [3.8, 4) is 0 Å². The highest BCUT2D eigenvalue weighted by molar-refractivity contribution is 6.30. The van der Waals surface area contributed by atoms with Gasteiger partial charge in [0.15, 0.2) is 5.96 Å². The number of hydrogen-bond acceptors (Lipinski definition) is 4. The monoisotopic (exact) mass is 305 g/mol. The van der Waals surface area contributed by atoms with Gasteiger partial charge >= 0.3 is 0 Å². The third kappa shape index (κ3) is 4.43. The van der Waals surface area contributed by atoms with Crippen molar-refractivity contribution in [2.75, 3.05) is 5.32 Å². The molecule has 0 aliphatic rings. The average molecular weight is 306 g/mol. The molecule has 0 fully saturated rings. The first-order valence-electron chi connectivity index (χ1n) is 5.96. The number of nitrogens with zero attached hydrogens (tertiary/aromatic N) is 3. The lowest BCUT2D eigenvalue weighted by Crippen LogP contribution is -2.23. The number of guanidine groups is 1. The summed E-state index contributed by atoms with van der Waals surface area (Å²) >= 11 is 5.79. The number of aliphatic imine (C=N–C) groups is 1. The Kier molecular flexibility index (Phi) is 4.68. The van der Waals surface area contributed by atoms with Gasteiger partial charge in [-0.15, -0.1) is 0 Å². The van der Waals surface area contributed by atoms with E-state index in [4.69, 9.17) is 17.3 Å². The van der Waals surface area contributed by atoms with E-state index in [1.165, 1.54) is 12.1 Å². The van der Waals surface area contributed by atoms with Gasteiger partial charge in [-0.25, -0.2) is 9.98 Å². The quantitative estimate of drug-likeness (QED) is 0.391. The zero-order chi connectivity index (χ0) is 15.2. The fourth-order valence-electron chi connectivity index (χ4n) is 1.51. The van der Waals surface area contributed by atoms with Crippen LogP contribution < -0.4 is 11.1 Å². The van der Waals surface area contributed by atoms with E-state index in [0.29, 0.717) is 17.4 Å². The predicted molar refractivity (Wildman–Crippen MR) is 81.3 cm³/mol. The van der Waals surface area contributed by atoms with E-state index in [0.717, 1.165) is 11.8 Å². The summed E-state index contributed by atoms with van der Waals surface area (Å²) in [7, 11) is 0. The summed E-state index contributed by atoms with van der Waals surface area (Å²) in [5.41, 5.74) is 6.59. The number of nitrogens with one attached hydrogen (secondary N) is 1. The molecule has 0 spiro atoms. The molecule has 0 radical (unpaired) electrons. The number of rotatable bonds is 4. The molecule has 1 aromatic carbocycles. The minimum absolute atomic E-state index is 0.0859. The maximum Gasteiger partial charge on any atom is 0.287 e. The normalized spacial score (nSPS) is 11.2. The van der Waals surface area contributed by atoms with E-state index >= 15 is 0 Å². The van der Waals surface area contributed by atoms with Crippen molar-refractivity contribution in [1.82, 2.24) is 4.98 Å². The summed E-state index contributed by atoms with van der Waals surface area (Å²) in [6.45, 7) is 0.392. The molecule has 0 bridgehead atoms. The second-order valence-electron chi connectivity index (χ2n) is 4.11. The van der Waals surface area contributed by atoms with Gasteiger partial charge < -0.3 is 11.1 Å². The molecule has 2 rings (SSSR count). The Balaban J connectivity index is 1.96. The third-order valence-electron chi connectivity index (χ3n) is 2.56. The first-order chi connectivity index (χ1) is 10.0. The largest absolute Gasteiger partial charge is 0.370 e. The van der Waals surface area contributed by atoms with Crippen LogP contribution in [0.15, 0.2) is 47.6 Å². The zero-order valence-corrected chi connectivity index (χ0v) is 11.6. The van der Waals surface area contributed by atoms with Gasteiger partial charge in [-0.3, -0.25) is 10.1 Å². The van der Waals surface area contributed by atoms with Gasteiger partial charge in [0.05, 0.1) is 11.5 Å². The van der Waals surface area contributed by atoms with Crippen LogP contribution in [-0.2, 0) is 6.54 Å². The van der Waals surface area contributed by atoms with E-state index in [2.05, 4.69) is 15.3 Å². The summed E-state index contributed by atoms with van der Waals surface area (Å²) in [6.07, 6.45) is 1.15. The van der Waals surface area contributed by atoms with E-state index in [-0.39, 0.29) is 11.6 Å². The number of nitrogens with two attached hydrogens (primary N) is 1. The van der Waals surface area contributed by atoms with Gasteiger partial charge in [0, 0.05) is 11.1 Å². The Labute approximate surface area is 125 Å². The van der Waals surface area contributed by atoms with Crippen LogP contribution in [0, 0.1) is 10.1 Å². The smallest absolute Gasteiger partial charge is 0.287 e. The van der Waals surface area contributed by atoms with Crippen LogP contribution in [-0.4, -0.2) is 15.9 Å². The molecular formula is C13H12ClN5O2. The Morgan fingerprint density at radius 1 is 1.33 bits per heavy atom. The Morgan fingerprint density at radius 2 is 2.05 bits per heavy atom. The SMILES string of the molecule is NC(=NCc1ccc(Cl)cc1)Nc1ccc([N+](=O)[O-])cn1. The molecule has 0 aliphatic carbocycles. The molecule has 2 aromatic rings. The van der Waals surface area contributed by atoms with Crippen molar-refractivity contribution in [2.24, 2.45) is 10.7 Å². The minimum atomic E-state index is -0.519. The van der Waals surface area contributed by atoms with Gasteiger partial charge in [0.1, 0.15) is 12.0 Å². The summed E-state index contributed by atoms with van der Waals surface area (Å²) in [6, 6.07) is 10.0. The van der Waals surface area contributed by atoms with Crippen LogP contribution in [0.4, 0.5) is 11.5 Å². The molecule has 0 saturated carbocycles. The minimum Gasteiger partial charge on any atom is -0.370 e. The van der Waals surface area contributed by atoms with Crippen LogP contribution >= 0.6 is 11.6 Å². The number of halogens is 1. The van der Waals surface area contributed by atoms with Crippen molar-refractivity contribution < 1.29 is 4.92 Å². The van der Waals surface area contributed by atoms with E-state index in [1.807, 2.05) is 12.1 Å². The van der Waals surface area contributed by atoms with Gasteiger partial charge in [-0.1, -0.05) is 23.7 Å². The van der Waals surface area contributed by atoms with Crippen molar-refractivity contribution in [3.05, 3.63) is 63.3 Å². The number of nitro groups is 1. The lowest BCUT2D eigenvalue weighted by atomic mass is 10.2. The van der Waals surface area contributed by atoms with Crippen molar-refractivity contribution in [3.63, 3.8) is 0 Å². The summed E-state index contributed by atoms with van der Waals surface area (Å²) < 4.78 is 0. The topological polar surface area (TPSA) is 106 Å². The van der Waals surface area contributed by atoms with Crippen LogP contribution in [0.3, 0.4) is 0 Å². The molecule has 7 nitrogen and oxygen atoms in total. The fraction of sp³-hybridized carbons (Fsp3) is 0.0769. The predicted octanol–water partition coefficient (Wildman–Crippen LogP) is 2.57. The van der Waals surface area contributed by atoms with Gasteiger partial charge in [-0.05, 0) is 23.8 Å². The second kappa shape index (κ2) is 6.67. The maximum absolute atomic E-state index is 10.5. The fourth-order valence-corrected chi connectivity index (χ4v) is 1.63. The molecule has 0 aliphatic heterocycles. The van der Waals surface area contributed by atoms with Crippen molar-refractivity contribution >= 4 is 29.1 Å². The summed E-state index contributed by atoms with van der Waals surface area (Å²) in [4.78, 5) is 18.0. The number of pyridine rings is 1.